The molecule has 0 fully saturated rings. The molecule has 0 bridgehead atoms. The van der Waals surface area contributed by atoms with Gasteiger partial charge in [-0.3, -0.25) is 4.57 Å². The summed E-state index contributed by atoms with van der Waals surface area (Å²) in [4.78, 5) is 15.6. The van der Waals surface area contributed by atoms with Gasteiger partial charge in [-0.05, 0) is 105 Å². The molecule has 0 aliphatic heterocycles. The Morgan fingerprint density at radius 2 is 0.961 bits per heavy atom. The van der Waals surface area contributed by atoms with Gasteiger partial charge in [-0.2, -0.15) is 0 Å². The molecule has 0 amide bonds. The first-order valence-corrected chi connectivity index (χ1v) is 17.2. The molecule has 3 aromatic heterocycles. The lowest BCUT2D eigenvalue weighted by Crippen LogP contribution is -2.00. The van der Waals surface area contributed by atoms with Crippen LogP contribution in [0.5, 0.6) is 0 Å². The number of hydrogen-bond acceptors (Lipinski definition) is 3. The van der Waals surface area contributed by atoms with Crippen LogP contribution >= 0.6 is 0 Å². The summed E-state index contributed by atoms with van der Waals surface area (Å²) in [6.45, 7) is 0. The molecule has 7 aromatic carbocycles. The van der Waals surface area contributed by atoms with Crippen LogP contribution in [0.15, 0.2) is 182 Å². The molecule has 0 aliphatic rings. The van der Waals surface area contributed by atoms with Gasteiger partial charge in [0.1, 0.15) is 11.3 Å². The monoisotopic (exact) mass is 650 g/mol. The Labute approximate surface area is 295 Å². The highest BCUT2D eigenvalue weighted by atomic mass is 15.1. The molecule has 0 atom stereocenters. The summed E-state index contributed by atoms with van der Waals surface area (Å²) in [5.41, 5.74) is 13.3. The van der Waals surface area contributed by atoms with E-state index in [0.29, 0.717) is 0 Å². The Hall–Kier alpha value is -6.91. The van der Waals surface area contributed by atoms with E-state index in [-0.39, 0.29) is 0 Å². The van der Waals surface area contributed by atoms with Crippen molar-refractivity contribution in [2.45, 2.75) is 0 Å². The van der Waals surface area contributed by atoms with Gasteiger partial charge in [-0.15, -0.1) is 0 Å². The highest BCUT2D eigenvalue weighted by molar-refractivity contribution is 6.09. The molecular weight excluding hydrogens is 621 g/mol. The number of hydrogen-bond donors (Lipinski definition) is 0. The molecule has 3 heterocycles. The Kier molecular flexibility index (Phi) is 6.78. The summed E-state index contributed by atoms with van der Waals surface area (Å²) in [5, 5.41) is 3.50. The summed E-state index contributed by atoms with van der Waals surface area (Å²) in [6, 6.07) is 64.0. The predicted octanol–water partition coefficient (Wildman–Crippen LogP) is 11.9. The third kappa shape index (κ3) is 5.13. The lowest BCUT2D eigenvalue weighted by molar-refractivity contribution is 1.06. The quantitative estimate of drug-likeness (QED) is 0.186. The van der Waals surface area contributed by atoms with E-state index >= 15 is 0 Å². The average molecular weight is 651 g/mol. The fourth-order valence-electron chi connectivity index (χ4n) is 7.22. The summed E-state index contributed by atoms with van der Waals surface area (Å²) < 4.78 is 2.15. The van der Waals surface area contributed by atoms with Gasteiger partial charge >= 0.3 is 0 Å². The van der Waals surface area contributed by atoms with Crippen LogP contribution < -0.4 is 0 Å². The standard InChI is InChI=1S/C47H30N4/c1-3-12-31(13-4-1)37-27-38(35-23-22-32-14-7-8-17-34(32)26-35)29-39(28-37)36-24-25-44-40(30-36)46-47(50-43-19-10-9-18-42(43)49-46)51(44)45-21-11-20-41(48-45)33-15-5-2-6-16-33/h1-30H. The van der Waals surface area contributed by atoms with E-state index in [2.05, 4.69) is 144 Å². The first-order chi connectivity index (χ1) is 25.2. The fourth-order valence-corrected chi connectivity index (χ4v) is 7.22. The first-order valence-electron chi connectivity index (χ1n) is 17.2. The van der Waals surface area contributed by atoms with Gasteiger partial charge in [0.05, 0.1) is 22.2 Å². The average Bonchev–Trinajstić information content (AvgIpc) is 3.52. The topological polar surface area (TPSA) is 43.6 Å². The minimum Gasteiger partial charge on any atom is -0.276 e. The van der Waals surface area contributed by atoms with Crippen molar-refractivity contribution in [3.8, 4) is 50.5 Å². The number of pyridine rings is 1. The van der Waals surface area contributed by atoms with Crippen molar-refractivity contribution in [2.24, 2.45) is 0 Å². The maximum atomic E-state index is 5.22. The Bertz CT molecular complexity index is 2910. The first kappa shape index (κ1) is 29.0. The number of benzene rings is 7. The highest BCUT2D eigenvalue weighted by Crippen LogP contribution is 2.38. The van der Waals surface area contributed by atoms with E-state index in [4.69, 9.17) is 15.0 Å². The van der Waals surface area contributed by atoms with Crippen LogP contribution in [0.1, 0.15) is 0 Å². The summed E-state index contributed by atoms with van der Waals surface area (Å²) in [7, 11) is 0. The third-order valence-corrected chi connectivity index (χ3v) is 9.75. The minimum absolute atomic E-state index is 0.786. The van der Waals surface area contributed by atoms with Crippen molar-refractivity contribution in [2.75, 3.05) is 0 Å². The molecule has 0 N–H and O–H groups in total. The third-order valence-electron chi connectivity index (χ3n) is 9.75. The van der Waals surface area contributed by atoms with Crippen LogP contribution in [0, 0.1) is 0 Å². The minimum atomic E-state index is 0.786. The molecular formula is C47H30N4. The number of para-hydroxylation sites is 2. The molecule has 238 valence electrons. The van der Waals surface area contributed by atoms with E-state index in [1.165, 1.54) is 33.0 Å². The summed E-state index contributed by atoms with van der Waals surface area (Å²) in [5.74, 6) is 0.804. The van der Waals surface area contributed by atoms with Gasteiger partial charge in [-0.1, -0.05) is 121 Å². The summed E-state index contributed by atoms with van der Waals surface area (Å²) in [6.07, 6.45) is 0. The molecule has 0 radical (unpaired) electrons. The second kappa shape index (κ2) is 11.9. The molecule has 51 heavy (non-hydrogen) atoms. The van der Waals surface area contributed by atoms with Gasteiger partial charge in [0.15, 0.2) is 5.65 Å². The van der Waals surface area contributed by atoms with Crippen molar-refractivity contribution >= 4 is 43.9 Å². The maximum Gasteiger partial charge on any atom is 0.166 e. The second-order valence-electron chi connectivity index (χ2n) is 12.9. The Balaban J connectivity index is 1.20. The lowest BCUT2D eigenvalue weighted by atomic mass is 9.92. The molecule has 10 aromatic rings. The largest absolute Gasteiger partial charge is 0.276 e. The van der Waals surface area contributed by atoms with E-state index in [1.54, 1.807) is 0 Å². The summed E-state index contributed by atoms with van der Waals surface area (Å²) >= 11 is 0. The van der Waals surface area contributed by atoms with Crippen molar-refractivity contribution in [3.05, 3.63) is 182 Å². The molecule has 0 spiro atoms. The van der Waals surface area contributed by atoms with Gasteiger partial charge in [0, 0.05) is 10.9 Å². The lowest BCUT2D eigenvalue weighted by Gasteiger charge is -2.13. The molecule has 0 aliphatic carbocycles. The molecule has 0 saturated heterocycles. The van der Waals surface area contributed by atoms with E-state index in [9.17, 15) is 0 Å². The molecule has 10 rings (SSSR count). The smallest absolute Gasteiger partial charge is 0.166 e. The van der Waals surface area contributed by atoms with Crippen LogP contribution in [0.3, 0.4) is 0 Å². The Morgan fingerprint density at radius 3 is 1.73 bits per heavy atom. The predicted molar refractivity (Wildman–Crippen MR) is 211 cm³/mol. The van der Waals surface area contributed by atoms with E-state index in [0.717, 1.165) is 61.3 Å². The van der Waals surface area contributed by atoms with Crippen LogP contribution in [0.4, 0.5) is 0 Å². The van der Waals surface area contributed by atoms with Crippen molar-refractivity contribution in [1.29, 1.82) is 0 Å². The molecule has 0 saturated carbocycles. The van der Waals surface area contributed by atoms with Crippen LogP contribution in [0.2, 0.25) is 0 Å². The Morgan fingerprint density at radius 1 is 0.353 bits per heavy atom. The second-order valence-corrected chi connectivity index (χ2v) is 12.9. The number of aromatic nitrogens is 4. The molecule has 4 heteroatoms. The van der Waals surface area contributed by atoms with Crippen LogP contribution in [-0.4, -0.2) is 19.5 Å². The highest BCUT2D eigenvalue weighted by Gasteiger charge is 2.19. The van der Waals surface area contributed by atoms with Crippen molar-refractivity contribution < 1.29 is 0 Å². The number of nitrogens with zero attached hydrogens (tertiary/aromatic N) is 4. The van der Waals surface area contributed by atoms with Gasteiger partial charge < -0.3 is 0 Å². The molecule has 0 unspecified atom stereocenters. The number of fused-ring (bicyclic) bond motifs is 5. The fraction of sp³-hybridized carbons (Fsp3) is 0. The zero-order valence-corrected chi connectivity index (χ0v) is 27.6. The van der Waals surface area contributed by atoms with Crippen molar-refractivity contribution in [3.63, 3.8) is 0 Å². The van der Waals surface area contributed by atoms with E-state index in [1.807, 2.05) is 42.5 Å². The van der Waals surface area contributed by atoms with Crippen LogP contribution in [-0.2, 0) is 0 Å². The van der Waals surface area contributed by atoms with Crippen molar-refractivity contribution in [1.82, 2.24) is 19.5 Å². The van der Waals surface area contributed by atoms with Crippen LogP contribution in [0.25, 0.3) is 94.3 Å². The zero-order chi connectivity index (χ0) is 33.7. The van der Waals surface area contributed by atoms with Gasteiger partial charge in [-0.25, -0.2) is 15.0 Å². The van der Waals surface area contributed by atoms with E-state index < -0.39 is 0 Å². The normalized spacial score (nSPS) is 11.5. The number of rotatable bonds is 5. The van der Waals surface area contributed by atoms with Gasteiger partial charge in [0.2, 0.25) is 0 Å². The van der Waals surface area contributed by atoms with Gasteiger partial charge in [0.25, 0.3) is 0 Å². The zero-order valence-electron chi connectivity index (χ0n) is 27.6. The molecule has 4 nitrogen and oxygen atoms in total. The SMILES string of the molecule is c1ccc(-c2cc(-c3ccc4ccccc4c3)cc(-c3ccc4c(c3)c3nc5ccccc5nc3n4-c3cccc(-c4ccccc4)n3)c2)cc1. The maximum absolute atomic E-state index is 5.22.